The Kier molecular flexibility index (Phi) is 7.27. The summed E-state index contributed by atoms with van der Waals surface area (Å²) in [5.41, 5.74) is 0.585. The van der Waals surface area contributed by atoms with Crippen LogP contribution >= 0.6 is 11.6 Å². The van der Waals surface area contributed by atoms with E-state index in [4.69, 9.17) is 16.3 Å². The van der Waals surface area contributed by atoms with E-state index in [2.05, 4.69) is 10.3 Å². The number of benzene rings is 2. The molecule has 0 atom stereocenters. The maximum atomic E-state index is 12.8. The van der Waals surface area contributed by atoms with Crippen molar-refractivity contribution in [2.75, 3.05) is 18.4 Å². The Morgan fingerprint density at radius 1 is 1.06 bits per heavy atom. The van der Waals surface area contributed by atoms with Crippen molar-refractivity contribution in [2.45, 2.75) is 18.7 Å². The second-order valence-electron chi connectivity index (χ2n) is 6.50. The molecule has 0 bridgehead atoms. The molecule has 3 rings (SSSR count). The lowest BCUT2D eigenvalue weighted by Gasteiger charge is -2.19. The third-order valence-electron chi connectivity index (χ3n) is 4.52. The van der Waals surface area contributed by atoms with Crippen LogP contribution in [0.5, 0.6) is 11.5 Å². The average molecular weight is 460 g/mol. The molecule has 1 amide bonds. The molecular formula is C22H22ClN3O4S. The number of hydrogen-bond donors (Lipinski definition) is 1. The number of amides is 1. The van der Waals surface area contributed by atoms with Gasteiger partial charge in [-0.05, 0) is 54.6 Å². The number of rotatable bonds is 8. The first-order valence-electron chi connectivity index (χ1n) is 9.64. The molecule has 162 valence electrons. The Balaban J connectivity index is 1.77. The zero-order valence-electron chi connectivity index (χ0n) is 17.1. The number of carbonyl (C=O) groups is 1. The molecule has 0 aliphatic heterocycles. The summed E-state index contributed by atoms with van der Waals surface area (Å²) in [7, 11) is -3.67. The number of hydrogen-bond acceptors (Lipinski definition) is 5. The van der Waals surface area contributed by atoms with E-state index in [1.807, 2.05) is 0 Å². The number of pyridine rings is 1. The van der Waals surface area contributed by atoms with Crippen molar-refractivity contribution in [1.29, 1.82) is 0 Å². The predicted molar refractivity (Wildman–Crippen MR) is 120 cm³/mol. The van der Waals surface area contributed by atoms with Gasteiger partial charge in [-0.1, -0.05) is 25.4 Å². The normalized spacial score (nSPS) is 11.4. The van der Waals surface area contributed by atoms with Gasteiger partial charge in [-0.15, -0.1) is 0 Å². The van der Waals surface area contributed by atoms with Crippen LogP contribution in [0.4, 0.5) is 5.69 Å². The van der Waals surface area contributed by atoms with Gasteiger partial charge in [0.05, 0.1) is 21.8 Å². The van der Waals surface area contributed by atoms with Crippen LogP contribution < -0.4 is 10.1 Å². The minimum Gasteiger partial charge on any atom is -0.456 e. The molecule has 7 nitrogen and oxygen atoms in total. The molecule has 0 radical (unpaired) electrons. The van der Waals surface area contributed by atoms with Gasteiger partial charge in [0.15, 0.2) is 0 Å². The molecule has 0 aliphatic rings. The molecule has 0 unspecified atom stereocenters. The van der Waals surface area contributed by atoms with Gasteiger partial charge in [-0.25, -0.2) is 8.42 Å². The lowest BCUT2D eigenvalue weighted by Crippen LogP contribution is -2.30. The van der Waals surface area contributed by atoms with Crippen molar-refractivity contribution in [3.8, 4) is 11.5 Å². The van der Waals surface area contributed by atoms with Crippen molar-refractivity contribution in [2.24, 2.45) is 0 Å². The molecule has 0 aliphatic carbocycles. The number of sulfonamides is 1. The Morgan fingerprint density at radius 3 is 2.39 bits per heavy atom. The van der Waals surface area contributed by atoms with Crippen LogP contribution in [0.15, 0.2) is 71.9 Å². The number of nitrogens with one attached hydrogen (secondary N) is 1. The third kappa shape index (κ3) is 5.41. The summed E-state index contributed by atoms with van der Waals surface area (Å²) < 4.78 is 32.5. The molecule has 1 N–H and O–H groups in total. The van der Waals surface area contributed by atoms with Crippen LogP contribution in [0.1, 0.15) is 24.2 Å². The van der Waals surface area contributed by atoms with Gasteiger partial charge in [-0.2, -0.15) is 4.31 Å². The summed E-state index contributed by atoms with van der Waals surface area (Å²) >= 11 is 6.19. The third-order valence-corrected chi connectivity index (χ3v) is 6.89. The van der Waals surface area contributed by atoms with Crippen LogP contribution in [0.3, 0.4) is 0 Å². The van der Waals surface area contributed by atoms with E-state index < -0.39 is 15.9 Å². The predicted octanol–water partition coefficient (Wildman–Crippen LogP) is 4.81. The SMILES string of the molecule is CCN(CC)S(=O)(=O)c1ccc(Cl)c(NC(=O)c2ccc(Oc3cccnc3)cc2)c1. The number of anilines is 1. The second kappa shape index (κ2) is 9.91. The maximum Gasteiger partial charge on any atom is 0.255 e. The monoisotopic (exact) mass is 459 g/mol. The minimum atomic E-state index is -3.67. The molecular weight excluding hydrogens is 438 g/mol. The standard InChI is InChI=1S/C22H22ClN3O4S/c1-3-26(4-2)31(28,29)19-11-12-20(23)21(14-19)25-22(27)16-7-9-17(10-8-16)30-18-6-5-13-24-15-18/h5-15H,3-4H2,1-2H3,(H,25,27). The van der Waals surface area contributed by atoms with Crippen molar-refractivity contribution in [3.05, 3.63) is 77.6 Å². The molecule has 1 aromatic heterocycles. The van der Waals surface area contributed by atoms with E-state index in [-0.39, 0.29) is 15.6 Å². The first-order chi connectivity index (χ1) is 14.8. The summed E-state index contributed by atoms with van der Waals surface area (Å²) in [5, 5.41) is 2.92. The lowest BCUT2D eigenvalue weighted by atomic mass is 10.2. The average Bonchev–Trinajstić information content (AvgIpc) is 2.77. The van der Waals surface area contributed by atoms with Gasteiger partial charge >= 0.3 is 0 Å². The van der Waals surface area contributed by atoms with Gasteiger partial charge < -0.3 is 10.1 Å². The fraction of sp³-hybridized carbons (Fsp3) is 0.182. The van der Waals surface area contributed by atoms with Crippen molar-refractivity contribution < 1.29 is 17.9 Å². The maximum absolute atomic E-state index is 12.8. The topological polar surface area (TPSA) is 88.6 Å². The Hall–Kier alpha value is -2.94. The van der Waals surface area contributed by atoms with E-state index >= 15 is 0 Å². The van der Waals surface area contributed by atoms with Gasteiger partial charge in [0.1, 0.15) is 11.5 Å². The highest BCUT2D eigenvalue weighted by Crippen LogP contribution is 2.28. The van der Waals surface area contributed by atoms with Gasteiger partial charge in [0.2, 0.25) is 10.0 Å². The first kappa shape index (κ1) is 22.7. The van der Waals surface area contributed by atoms with E-state index in [0.29, 0.717) is 30.2 Å². The Labute approximate surface area is 186 Å². The van der Waals surface area contributed by atoms with Crippen LogP contribution in [0.2, 0.25) is 5.02 Å². The lowest BCUT2D eigenvalue weighted by molar-refractivity contribution is 0.102. The summed E-state index contributed by atoms with van der Waals surface area (Å²) in [6.45, 7) is 4.22. The van der Waals surface area contributed by atoms with E-state index in [0.717, 1.165) is 0 Å². The number of carbonyl (C=O) groups excluding carboxylic acids is 1. The van der Waals surface area contributed by atoms with E-state index in [9.17, 15) is 13.2 Å². The number of nitrogens with zero attached hydrogens (tertiary/aromatic N) is 2. The molecule has 0 fully saturated rings. The summed E-state index contributed by atoms with van der Waals surface area (Å²) in [5.74, 6) is 0.708. The summed E-state index contributed by atoms with van der Waals surface area (Å²) in [6.07, 6.45) is 3.23. The van der Waals surface area contributed by atoms with Gasteiger partial charge in [0.25, 0.3) is 5.91 Å². The van der Waals surface area contributed by atoms with Crippen LogP contribution in [0, 0.1) is 0 Å². The van der Waals surface area contributed by atoms with Crippen molar-refractivity contribution in [3.63, 3.8) is 0 Å². The largest absolute Gasteiger partial charge is 0.456 e. The van der Waals surface area contributed by atoms with Crippen molar-refractivity contribution >= 4 is 33.2 Å². The number of halogens is 1. The summed E-state index contributed by atoms with van der Waals surface area (Å²) in [6, 6.07) is 14.3. The zero-order valence-corrected chi connectivity index (χ0v) is 18.7. The number of aromatic nitrogens is 1. The van der Waals surface area contributed by atoms with Gasteiger partial charge in [-0.3, -0.25) is 9.78 Å². The van der Waals surface area contributed by atoms with Crippen molar-refractivity contribution in [1.82, 2.24) is 9.29 Å². The number of ether oxygens (including phenoxy) is 1. The molecule has 0 spiro atoms. The van der Waals surface area contributed by atoms with Crippen LogP contribution in [-0.4, -0.2) is 36.7 Å². The van der Waals surface area contributed by atoms with Gasteiger partial charge in [0, 0.05) is 24.8 Å². The molecule has 0 saturated carbocycles. The summed E-state index contributed by atoms with van der Waals surface area (Å²) in [4.78, 5) is 16.7. The minimum absolute atomic E-state index is 0.0659. The van der Waals surface area contributed by atoms with Crippen LogP contribution in [0.25, 0.3) is 0 Å². The second-order valence-corrected chi connectivity index (χ2v) is 8.85. The zero-order chi connectivity index (χ0) is 22.4. The van der Waals surface area contributed by atoms with Crippen LogP contribution in [-0.2, 0) is 10.0 Å². The Morgan fingerprint density at radius 2 is 1.77 bits per heavy atom. The highest BCUT2D eigenvalue weighted by Gasteiger charge is 2.23. The molecule has 0 saturated heterocycles. The first-order valence-corrected chi connectivity index (χ1v) is 11.5. The molecule has 1 heterocycles. The molecule has 2 aromatic carbocycles. The Bertz CT molecular complexity index is 1150. The van der Waals surface area contributed by atoms with E-state index in [1.54, 1.807) is 62.6 Å². The fourth-order valence-electron chi connectivity index (χ4n) is 2.89. The molecule has 3 aromatic rings. The smallest absolute Gasteiger partial charge is 0.255 e. The quantitative estimate of drug-likeness (QED) is 0.522. The van der Waals surface area contributed by atoms with E-state index in [1.165, 1.54) is 22.5 Å². The molecule has 9 heteroatoms. The highest BCUT2D eigenvalue weighted by atomic mass is 35.5. The fourth-order valence-corrected chi connectivity index (χ4v) is 4.54. The molecule has 31 heavy (non-hydrogen) atoms. The highest BCUT2D eigenvalue weighted by molar-refractivity contribution is 7.89.